The maximum absolute atomic E-state index is 5.89. The minimum Gasteiger partial charge on any atom is -0.339 e. The van der Waals surface area contributed by atoms with Crippen molar-refractivity contribution >= 4 is 11.6 Å². The van der Waals surface area contributed by atoms with E-state index in [-0.39, 0.29) is 5.92 Å². The molecule has 0 aliphatic rings. The molecule has 0 amide bonds. The lowest BCUT2D eigenvalue weighted by atomic mass is 10.0. The minimum atomic E-state index is 0.143. The molecule has 106 valence electrons. The molecule has 0 radical (unpaired) electrons. The van der Waals surface area contributed by atoms with Crippen LogP contribution in [-0.4, -0.2) is 15.1 Å². The van der Waals surface area contributed by atoms with Gasteiger partial charge >= 0.3 is 0 Å². The van der Waals surface area contributed by atoms with Gasteiger partial charge in [0.2, 0.25) is 11.7 Å². The first-order valence-corrected chi connectivity index (χ1v) is 7.08. The van der Waals surface area contributed by atoms with E-state index < -0.39 is 0 Å². The fourth-order valence-electron chi connectivity index (χ4n) is 2.11. The van der Waals surface area contributed by atoms with E-state index in [1.165, 1.54) is 5.56 Å². The normalized spacial score (nSPS) is 12.3. The van der Waals surface area contributed by atoms with Crippen LogP contribution >= 0.6 is 11.6 Å². The van der Waals surface area contributed by atoms with Crippen molar-refractivity contribution in [1.82, 2.24) is 15.1 Å². The van der Waals surface area contributed by atoms with Crippen molar-refractivity contribution in [1.29, 1.82) is 0 Å². The maximum Gasteiger partial charge on any atom is 0.230 e. The first kappa shape index (κ1) is 13.8. The Kier molecular flexibility index (Phi) is 3.97. The third-order valence-corrected chi connectivity index (χ3v) is 3.49. The number of hydrogen-bond donors (Lipinski definition) is 0. The van der Waals surface area contributed by atoms with Crippen LogP contribution < -0.4 is 0 Å². The fourth-order valence-corrected chi connectivity index (χ4v) is 2.23. The first-order valence-electron chi connectivity index (χ1n) is 6.71. The Hall–Kier alpha value is -2.20. The molecule has 21 heavy (non-hydrogen) atoms. The van der Waals surface area contributed by atoms with Gasteiger partial charge in [0, 0.05) is 28.9 Å². The van der Waals surface area contributed by atoms with Crippen LogP contribution in [0.2, 0.25) is 5.02 Å². The topological polar surface area (TPSA) is 51.8 Å². The quantitative estimate of drug-likeness (QED) is 0.727. The lowest BCUT2D eigenvalue weighted by Crippen LogP contribution is -1.98. The first-order chi connectivity index (χ1) is 10.2. The number of benzene rings is 1. The van der Waals surface area contributed by atoms with Gasteiger partial charge < -0.3 is 4.52 Å². The summed E-state index contributed by atoms with van der Waals surface area (Å²) in [6.07, 6.45) is 4.26. The molecule has 0 aliphatic heterocycles. The molecule has 0 bridgehead atoms. The van der Waals surface area contributed by atoms with Crippen LogP contribution in [0.5, 0.6) is 0 Å². The average molecular weight is 300 g/mol. The van der Waals surface area contributed by atoms with Crippen molar-refractivity contribution in [2.24, 2.45) is 0 Å². The van der Waals surface area contributed by atoms with E-state index in [2.05, 4.69) is 22.0 Å². The summed E-state index contributed by atoms with van der Waals surface area (Å²) >= 11 is 5.89. The van der Waals surface area contributed by atoms with Crippen LogP contribution in [0.1, 0.15) is 24.3 Å². The zero-order valence-electron chi connectivity index (χ0n) is 11.5. The average Bonchev–Trinajstić information content (AvgIpc) is 3.00. The van der Waals surface area contributed by atoms with Gasteiger partial charge in [-0.3, -0.25) is 4.98 Å². The molecular formula is C16H14ClN3O. The van der Waals surface area contributed by atoms with E-state index in [9.17, 15) is 0 Å². The second-order valence-corrected chi connectivity index (χ2v) is 5.37. The molecule has 1 atom stereocenters. The number of pyridine rings is 1. The minimum absolute atomic E-state index is 0.143. The zero-order valence-corrected chi connectivity index (χ0v) is 12.3. The third kappa shape index (κ3) is 3.28. The fraction of sp³-hybridized carbons (Fsp3) is 0.188. The molecule has 0 saturated heterocycles. The van der Waals surface area contributed by atoms with Crippen LogP contribution in [0.15, 0.2) is 53.3 Å². The summed E-state index contributed by atoms with van der Waals surface area (Å²) in [4.78, 5) is 8.51. The van der Waals surface area contributed by atoms with Crippen LogP contribution in [0.4, 0.5) is 0 Å². The smallest absolute Gasteiger partial charge is 0.230 e. The Morgan fingerprint density at radius 1 is 1.19 bits per heavy atom. The van der Waals surface area contributed by atoms with Crippen molar-refractivity contribution < 1.29 is 4.52 Å². The number of aromatic nitrogens is 3. The van der Waals surface area contributed by atoms with E-state index in [0.29, 0.717) is 11.7 Å². The third-order valence-electron chi connectivity index (χ3n) is 3.24. The van der Waals surface area contributed by atoms with Gasteiger partial charge in [0.05, 0.1) is 0 Å². The van der Waals surface area contributed by atoms with E-state index in [4.69, 9.17) is 16.1 Å². The SMILES string of the molecule is C[C@H](Cc1ccc(Cl)cc1)c1nc(-c2cccnc2)no1. The largest absolute Gasteiger partial charge is 0.339 e. The summed E-state index contributed by atoms with van der Waals surface area (Å²) in [5.74, 6) is 1.34. The van der Waals surface area contributed by atoms with Gasteiger partial charge in [0.1, 0.15) is 0 Å². The van der Waals surface area contributed by atoms with E-state index in [1.807, 2.05) is 36.4 Å². The lowest BCUT2D eigenvalue weighted by Gasteiger charge is -2.06. The predicted octanol–water partition coefficient (Wildman–Crippen LogP) is 4.13. The monoisotopic (exact) mass is 299 g/mol. The van der Waals surface area contributed by atoms with Crippen molar-refractivity contribution in [2.45, 2.75) is 19.3 Å². The molecule has 0 saturated carbocycles. The molecular weight excluding hydrogens is 286 g/mol. The van der Waals surface area contributed by atoms with Crippen LogP contribution in [0.25, 0.3) is 11.4 Å². The maximum atomic E-state index is 5.89. The van der Waals surface area contributed by atoms with Gasteiger partial charge in [0.15, 0.2) is 0 Å². The Morgan fingerprint density at radius 3 is 2.71 bits per heavy atom. The molecule has 4 nitrogen and oxygen atoms in total. The van der Waals surface area contributed by atoms with E-state index >= 15 is 0 Å². The summed E-state index contributed by atoms with van der Waals surface area (Å²) in [6, 6.07) is 11.6. The second-order valence-electron chi connectivity index (χ2n) is 4.93. The highest BCUT2D eigenvalue weighted by molar-refractivity contribution is 6.30. The molecule has 5 heteroatoms. The molecule has 0 spiro atoms. The summed E-state index contributed by atoms with van der Waals surface area (Å²) in [6.45, 7) is 2.06. The van der Waals surface area contributed by atoms with Gasteiger partial charge in [-0.05, 0) is 36.2 Å². The number of nitrogens with zero attached hydrogens (tertiary/aromatic N) is 3. The molecule has 1 aromatic carbocycles. The van der Waals surface area contributed by atoms with Gasteiger partial charge in [-0.15, -0.1) is 0 Å². The summed E-state index contributed by atoms with van der Waals surface area (Å²) < 4.78 is 5.36. The van der Waals surface area contributed by atoms with Crippen molar-refractivity contribution in [3.63, 3.8) is 0 Å². The molecule has 3 aromatic rings. The number of rotatable bonds is 4. The Labute approximate surface area is 127 Å². The van der Waals surface area contributed by atoms with E-state index in [1.54, 1.807) is 12.4 Å². The zero-order chi connectivity index (χ0) is 14.7. The summed E-state index contributed by atoms with van der Waals surface area (Å²) in [7, 11) is 0. The molecule has 3 rings (SSSR count). The molecule has 0 N–H and O–H groups in total. The Bertz CT molecular complexity index is 710. The number of hydrogen-bond acceptors (Lipinski definition) is 4. The van der Waals surface area contributed by atoms with Crippen molar-refractivity contribution in [2.75, 3.05) is 0 Å². The Morgan fingerprint density at radius 2 is 2.00 bits per heavy atom. The summed E-state index contributed by atoms with van der Waals surface area (Å²) in [5, 5.41) is 4.75. The molecule has 0 unspecified atom stereocenters. The van der Waals surface area contributed by atoms with E-state index in [0.717, 1.165) is 17.0 Å². The second kappa shape index (κ2) is 6.06. The highest BCUT2D eigenvalue weighted by atomic mass is 35.5. The van der Waals surface area contributed by atoms with Gasteiger partial charge in [0.25, 0.3) is 0 Å². The highest BCUT2D eigenvalue weighted by Crippen LogP contribution is 2.22. The standard InChI is InChI=1S/C16H14ClN3O/c1-11(9-12-4-6-14(17)7-5-12)16-19-15(20-21-16)13-3-2-8-18-10-13/h2-8,10-11H,9H2,1H3/t11-/m1/s1. The summed E-state index contributed by atoms with van der Waals surface area (Å²) in [5.41, 5.74) is 2.04. The van der Waals surface area contributed by atoms with Crippen LogP contribution in [0, 0.1) is 0 Å². The van der Waals surface area contributed by atoms with Gasteiger partial charge in [-0.25, -0.2) is 0 Å². The molecule has 0 fully saturated rings. The lowest BCUT2D eigenvalue weighted by molar-refractivity contribution is 0.359. The predicted molar refractivity (Wildman–Crippen MR) is 81.1 cm³/mol. The molecule has 2 aromatic heterocycles. The van der Waals surface area contributed by atoms with Crippen LogP contribution in [0.3, 0.4) is 0 Å². The molecule has 0 aliphatic carbocycles. The highest BCUT2D eigenvalue weighted by Gasteiger charge is 2.15. The Balaban J connectivity index is 1.75. The van der Waals surface area contributed by atoms with Crippen molar-refractivity contribution in [3.8, 4) is 11.4 Å². The number of halogens is 1. The van der Waals surface area contributed by atoms with Crippen molar-refractivity contribution in [3.05, 3.63) is 65.3 Å². The van der Waals surface area contributed by atoms with Gasteiger partial charge in [-0.1, -0.05) is 35.8 Å². The molecule has 2 heterocycles. The van der Waals surface area contributed by atoms with Gasteiger partial charge in [-0.2, -0.15) is 4.98 Å². The van der Waals surface area contributed by atoms with Crippen LogP contribution in [-0.2, 0) is 6.42 Å².